The van der Waals surface area contributed by atoms with Gasteiger partial charge in [-0.25, -0.2) is 0 Å². The minimum absolute atomic E-state index is 0.0742. The van der Waals surface area contributed by atoms with Crippen LogP contribution in [0.3, 0.4) is 0 Å². The van der Waals surface area contributed by atoms with Crippen molar-refractivity contribution in [3.05, 3.63) is 34.9 Å². The Balaban J connectivity index is 2.39. The summed E-state index contributed by atoms with van der Waals surface area (Å²) in [5.41, 5.74) is -1.99. The predicted octanol–water partition coefficient (Wildman–Crippen LogP) is 2.71. The summed E-state index contributed by atoms with van der Waals surface area (Å²) < 4.78 is 74.2. The van der Waals surface area contributed by atoms with Crippen molar-refractivity contribution >= 4 is 5.91 Å². The molecule has 0 aliphatic carbocycles. The molecule has 1 amide bonds. The van der Waals surface area contributed by atoms with Crippen molar-refractivity contribution in [2.24, 2.45) is 0 Å². The van der Waals surface area contributed by atoms with E-state index in [4.69, 9.17) is 0 Å². The van der Waals surface area contributed by atoms with E-state index in [-0.39, 0.29) is 10.5 Å². The van der Waals surface area contributed by atoms with Gasteiger partial charge in [-0.15, -0.1) is 0 Å². The molecule has 110 valence electrons. The van der Waals surface area contributed by atoms with Crippen molar-refractivity contribution in [3.8, 4) is 0 Å². The van der Waals surface area contributed by atoms with Gasteiger partial charge in [-0.3, -0.25) is 9.69 Å². The molecule has 9 heteroatoms. The summed E-state index contributed by atoms with van der Waals surface area (Å²) in [4.78, 5) is 11.7. The molecule has 0 saturated carbocycles. The molecule has 20 heavy (non-hydrogen) atoms. The van der Waals surface area contributed by atoms with Gasteiger partial charge in [0.15, 0.2) is 6.23 Å². The number of rotatable bonds is 1. The van der Waals surface area contributed by atoms with Crippen LogP contribution >= 0.6 is 0 Å². The number of aliphatic hydroxyl groups excluding tert-OH is 1. The van der Waals surface area contributed by atoms with Crippen LogP contribution in [0.1, 0.15) is 27.7 Å². The Morgan fingerprint density at radius 1 is 1.15 bits per heavy atom. The third-order valence-electron chi connectivity index (χ3n) is 2.79. The van der Waals surface area contributed by atoms with Crippen molar-refractivity contribution < 1.29 is 36.2 Å². The smallest absolute Gasteiger partial charge is 0.369 e. The van der Waals surface area contributed by atoms with Gasteiger partial charge in [-0.2, -0.15) is 26.3 Å². The number of amides is 1. The topological polar surface area (TPSA) is 40.5 Å². The lowest BCUT2D eigenvalue weighted by Gasteiger charge is -2.22. The van der Waals surface area contributed by atoms with E-state index in [0.29, 0.717) is 12.1 Å². The summed E-state index contributed by atoms with van der Waals surface area (Å²) in [6, 6.07) is 1.83. The van der Waals surface area contributed by atoms with E-state index in [9.17, 15) is 36.2 Å². The number of hydrogen-bond donors (Lipinski definition) is 1. The molecule has 0 saturated heterocycles. The minimum atomic E-state index is -4.76. The van der Waals surface area contributed by atoms with Crippen molar-refractivity contribution in [3.63, 3.8) is 0 Å². The number of aliphatic hydroxyl groups is 1. The fourth-order valence-corrected chi connectivity index (χ4v) is 1.93. The SMILES string of the molecule is O=C1c2ccc(C(F)(F)F)cc2[C@@H](O)N1CC(F)(F)F. The summed E-state index contributed by atoms with van der Waals surface area (Å²) >= 11 is 0. The molecule has 0 spiro atoms. The van der Waals surface area contributed by atoms with E-state index >= 15 is 0 Å². The van der Waals surface area contributed by atoms with Crippen LogP contribution in [0.15, 0.2) is 18.2 Å². The number of alkyl halides is 6. The zero-order chi connectivity index (χ0) is 15.3. The lowest BCUT2D eigenvalue weighted by molar-refractivity contribution is -0.156. The Bertz CT molecular complexity index is 551. The molecule has 1 aromatic rings. The fraction of sp³-hybridized carbons (Fsp3) is 0.364. The van der Waals surface area contributed by atoms with E-state index in [1.54, 1.807) is 0 Å². The molecule has 2 rings (SSSR count). The average Bonchev–Trinajstić information content (AvgIpc) is 2.51. The number of halogens is 6. The second-order valence-electron chi connectivity index (χ2n) is 4.22. The van der Waals surface area contributed by atoms with Crippen LogP contribution in [-0.4, -0.2) is 28.6 Å². The highest BCUT2D eigenvalue weighted by atomic mass is 19.4. The lowest BCUT2D eigenvalue weighted by atomic mass is 10.1. The molecule has 0 fully saturated rings. The summed E-state index contributed by atoms with van der Waals surface area (Å²) in [5, 5.41) is 9.60. The normalized spacial score (nSPS) is 19.4. The van der Waals surface area contributed by atoms with Gasteiger partial charge in [0, 0.05) is 11.1 Å². The minimum Gasteiger partial charge on any atom is -0.369 e. The number of carbonyl (C=O) groups excluding carboxylic acids is 1. The molecule has 1 heterocycles. The molecule has 0 unspecified atom stereocenters. The van der Waals surface area contributed by atoms with E-state index in [1.807, 2.05) is 0 Å². The molecular formula is C11H7F6NO2. The van der Waals surface area contributed by atoms with Crippen molar-refractivity contribution in [1.29, 1.82) is 0 Å². The number of benzene rings is 1. The molecule has 0 aromatic heterocycles. The maximum absolute atomic E-state index is 12.5. The van der Waals surface area contributed by atoms with Gasteiger partial charge >= 0.3 is 12.4 Å². The van der Waals surface area contributed by atoms with Crippen LogP contribution in [-0.2, 0) is 6.18 Å². The fourth-order valence-electron chi connectivity index (χ4n) is 1.93. The largest absolute Gasteiger partial charge is 0.416 e. The summed E-state index contributed by atoms with van der Waals surface area (Å²) in [6.07, 6.45) is -11.5. The molecule has 1 N–H and O–H groups in total. The number of nitrogens with zero attached hydrogens (tertiary/aromatic N) is 1. The van der Waals surface area contributed by atoms with Crippen LogP contribution in [0.25, 0.3) is 0 Å². The highest BCUT2D eigenvalue weighted by molar-refractivity contribution is 5.99. The van der Waals surface area contributed by atoms with E-state index in [2.05, 4.69) is 0 Å². The molecule has 1 atom stereocenters. The van der Waals surface area contributed by atoms with E-state index in [0.717, 1.165) is 6.07 Å². The van der Waals surface area contributed by atoms with Gasteiger partial charge in [0.2, 0.25) is 0 Å². The Morgan fingerprint density at radius 2 is 1.75 bits per heavy atom. The first kappa shape index (κ1) is 14.6. The second kappa shape index (κ2) is 4.37. The highest BCUT2D eigenvalue weighted by Crippen LogP contribution is 2.38. The molecule has 3 nitrogen and oxygen atoms in total. The summed E-state index contributed by atoms with van der Waals surface area (Å²) in [5.74, 6) is -1.15. The van der Waals surface area contributed by atoms with Crippen molar-refractivity contribution in [1.82, 2.24) is 4.90 Å². The van der Waals surface area contributed by atoms with Gasteiger partial charge in [0.25, 0.3) is 5.91 Å². The van der Waals surface area contributed by atoms with Crippen LogP contribution < -0.4 is 0 Å². The van der Waals surface area contributed by atoms with Gasteiger partial charge < -0.3 is 5.11 Å². The molecule has 1 aromatic carbocycles. The Kier molecular flexibility index (Phi) is 3.20. The standard InChI is InChI=1S/C11H7F6NO2/c12-10(13,14)4-18-8(19)6-2-1-5(11(15,16)17)3-7(6)9(18)20/h1-3,9,20H,4H2/t9-/m1/s1. The molecule has 0 radical (unpaired) electrons. The Morgan fingerprint density at radius 3 is 2.25 bits per heavy atom. The monoisotopic (exact) mass is 299 g/mol. The first-order chi connectivity index (χ1) is 9.00. The quantitative estimate of drug-likeness (QED) is 0.810. The highest BCUT2D eigenvalue weighted by Gasteiger charge is 2.43. The molecule has 0 bridgehead atoms. The third kappa shape index (κ3) is 2.58. The lowest BCUT2D eigenvalue weighted by Crippen LogP contribution is -2.36. The molecule has 1 aliphatic heterocycles. The van der Waals surface area contributed by atoms with Crippen LogP contribution in [0.4, 0.5) is 26.3 Å². The predicted molar refractivity (Wildman–Crippen MR) is 53.5 cm³/mol. The summed E-state index contributed by atoms with van der Waals surface area (Å²) in [7, 11) is 0. The first-order valence-electron chi connectivity index (χ1n) is 5.27. The zero-order valence-corrected chi connectivity index (χ0v) is 9.59. The van der Waals surface area contributed by atoms with Gasteiger partial charge in [0.1, 0.15) is 6.54 Å². The summed E-state index contributed by atoms with van der Waals surface area (Å²) in [6.45, 7) is -1.73. The Hall–Kier alpha value is -1.77. The number of carbonyl (C=O) groups is 1. The van der Waals surface area contributed by atoms with Crippen LogP contribution in [0.5, 0.6) is 0 Å². The van der Waals surface area contributed by atoms with E-state index < -0.39 is 42.2 Å². The maximum Gasteiger partial charge on any atom is 0.416 e. The molecule has 1 aliphatic rings. The second-order valence-corrected chi connectivity index (χ2v) is 4.22. The van der Waals surface area contributed by atoms with Gasteiger partial charge in [-0.05, 0) is 18.2 Å². The first-order valence-corrected chi connectivity index (χ1v) is 5.27. The van der Waals surface area contributed by atoms with Crippen molar-refractivity contribution in [2.45, 2.75) is 18.6 Å². The number of fused-ring (bicyclic) bond motifs is 1. The van der Waals surface area contributed by atoms with Crippen LogP contribution in [0.2, 0.25) is 0 Å². The zero-order valence-electron chi connectivity index (χ0n) is 9.59. The van der Waals surface area contributed by atoms with Crippen LogP contribution in [0, 0.1) is 0 Å². The Labute approximate surface area is 108 Å². The van der Waals surface area contributed by atoms with Gasteiger partial charge in [0.05, 0.1) is 5.56 Å². The van der Waals surface area contributed by atoms with E-state index in [1.165, 1.54) is 0 Å². The van der Waals surface area contributed by atoms with Crippen molar-refractivity contribution in [2.75, 3.05) is 6.54 Å². The third-order valence-corrected chi connectivity index (χ3v) is 2.79. The molecular weight excluding hydrogens is 292 g/mol. The maximum atomic E-state index is 12.5. The average molecular weight is 299 g/mol. The van der Waals surface area contributed by atoms with Gasteiger partial charge in [-0.1, -0.05) is 0 Å². The number of hydrogen-bond acceptors (Lipinski definition) is 2.